The summed E-state index contributed by atoms with van der Waals surface area (Å²) in [4.78, 5) is 59.5. The van der Waals surface area contributed by atoms with Gasteiger partial charge in [0.1, 0.15) is 11.1 Å². The molecule has 0 aliphatic rings. The fourth-order valence-electron chi connectivity index (χ4n) is 2.50. The third-order valence-electron chi connectivity index (χ3n) is 3.78. The summed E-state index contributed by atoms with van der Waals surface area (Å²) in [5.74, 6) is -3.90. The molecule has 0 atom stereocenters. The van der Waals surface area contributed by atoms with Gasteiger partial charge in [-0.25, -0.2) is 19.2 Å². The first kappa shape index (κ1) is 27.0. The van der Waals surface area contributed by atoms with E-state index in [1.165, 1.54) is 6.07 Å². The van der Waals surface area contributed by atoms with E-state index in [4.69, 9.17) is 18.9 Å². The van der Waals surface area contributed by atoms with Crippen molar-refractivity contribution < 1.29 is 43.0 Å². The highest BCUT2D eigenvalue weighted by Crippen LogP contribution is 2.23. The predicted molar refractivity (Wildman–Crippen MR) is 116 cm³/mol. The Labute approximate surface area is 190 Å². The van der Waals surface area contributed by atoms with E-state index in [2.05, 4.69) is 0 Å². The van der Waals surface area contributed by atoms with E-state index in [9.17, 15) is 29.3 Å². The highest BCUT2D eigenvalue weighted by atomic mass is 16.6. The van der Waals surface area contributed by atoms with Crippen molar-refractivity contribution in [1.82, 2.24) is 0 Å². The Morgan fingerprint density at radius 2 is 1.00 bits per heavy atom. The molecule has 1 aromatic rings. The molecule has 1 aromatic carbocycles. The van der Waals surface area contributed by atoms with Gasteiger partial charge < -0.3 is 18.9 Å². The lowest BCUT2D eigenvalue weighted by Crippen LogP contribution is -2.18. The molecular weight excluding hydrogens is 438 g/mol. The molecule has 11 heteroatoms. The number of esters is 4. The average Bonchev–Trinajstić information content (AvgIpc) is 2.76. The van der Waals surface area contributed by atoms with Gasteiger partial charge in [0.2, 0.25) is 0 Å². The Balaban J connectivity index is 3.67. The average molecular weight is 463 g/mol. The van der Waals surface area contributed by atoms with E-state index in [0.29, 0.717) is 0 Å². The van der Waals surface area contributed by atoms with Crippen LogP contribution in [0.3, 0.4) is 0 Å². The van der Waals surface area contributed by atoms with Crippen LogP contribution in [-0.2, 0) is 38.1 Å². The summed E-state index contributed by atoms with van der Waals surface area (Å²) in [6, 6.07) is 3.53. The molecule has 0 aliphatic carbocycles. The molecule has 0 unspecified atom stereocenters. The number of hydrogen-bond acceptors (Lipinski definition) is 10. The normalized spacial score (nSPS) is 9.82. The summed E-state index contributed by atoms with van der Waals surface area (Å²) in [6.07, 6.45) is 2.13. The molecule has 0 aromatic heterocycles. The van der Waals surface area contributed by atoms with E-state index in [1.807, 2.05) is 0 Å². The zero-order chi connectivity index (χ0) is 25.0. The summed E-state index contributed by atoms with van der Waals surface area (Å²) < 4.78 is 19.4. The summed E-state index contributed by atoms with van der Waals surface area (Å²) in [7, 11) is 0. The highest BCUT2D eigenvalue weighted by Gasteiger charge is 2.23. The molecule has 1 rings (SSSR count). The zero-order valence-corrected chi connectivity index (χ0v) is 18.7. The number of nitro groups is 1. The predicted octanol–water partition coefficient (Wildman–Crippen LogP) is 2.61. The maximum atomic E-state index is 12.2. The van der Waals surface area contributed by atoms with Crippen LogP contribution in [0.1, 0.15) is 38.8 Å². The molecule has 0 radical (unpaired) electrons. The lowest BCUT2D eigenvalue weighted by Gasteiger charge is -2.08. The van der Waals surface area contributed by atoms with Crippen LogP contribution < -0.4 is 0 Å². The van der Waals surface area contributed by atoms with E-state index >= 15 is 0 Å². The first-order chi connectivity index (χ1) is 15.7. The van der Waals surface area contributed by atoms with Crippen molar-refractivity contribution in [1.29, 1.82) is 0 Å². The second-order valence-corrected chi connectivity index (χ2v) is 6.11. The first-order valence-corrected chi connectivity index (χ1v) is 10.1. The lowest BCUT2D eigenvalue weighted by atomic mass is 10.0. The standard InChI is InChI=1S/C22H25NO10/c1-5-30-19(24)17(20(25)31-6-2)12-14-9-15(11-16(10-14)23(28)29)13-18(21(26)32-7-3)22(27)33-8-4/h9-13H,5-8H2,1-4H3. The maximum Gasteiger partial charge on any atom is 0.345 e. The third-order valence-corrected chi connectivity index (χ3v) is 3.78. The van der Waals surface area contributed by atoms with Crippen molar-refractivity contribution in [3.63, 3.8) is 0 Å². The Kier molecular flexibility index (Phi) is 11.0. The number of hydrogen-bond donors (Lipinski definition) is 0. The molecule has 0 amide bonds. The number of nitrogens with zero attached hydrogens (tertiary/aromatic N) is 1. The number of nitro benzene ring substituents is 1. The van der Waals surface area contributed by atoms with Crippen LogP contribution in [0.15, 0.2) is 29.3 Å². The Morgan fingerprint density at radius 1 is 0.697 bits per heavy atom. The van der Waals surface area contributed by atoms with Gasteiger partial charge in [-0.2, -0.15) is 0 Å². The van der Waals surface area contributed by atoms with Gasteiger partial charge in [-0.1, -0.05) is 0 Å². The van der Waals surface area contributed by atoms with E-state index in [1.54, 1.807) is 27.7 Å². The molecule has 33 heavy (non-hydrogen) atoms. The van der Waals surface area contributed by atoms with Gasteiger partial charge in [-0.3, -0.25) is 10.1 Å². The smallest absolute Gasteiger partial charge is 0.345 e. The van der Waals surface area contributed by atoms with E-state index in [0.717, 1.165) is 24.3 Å². The van der Waals surface area contributed by atoms with Gasteiger partial charge in [-0.15, -0.1) is 0 Å². The molecule has 0 heterocycles. The van der Waals surface area contributed by atoms with Crippen LogP contribution in [0.5, 0.6) is 0 Å². The summed E-state index contributed by atoms with van der Waals surface area (Å²) >= 11 is 0. The first-order valence-electron chi connectivity index (χ1n) is 10.1. The second kappa shape index (κ2) is 13.4. The van der Waals surface area contributed by atoms with Crippen LogP contribution in [-0.4, -0.2) is 55.2 Å². The summed E-state index contributed by atoms with van der Waals surface area (Å²) in [5, 5.41) is 11.4. The monoisotopic (exact) mass is 463 g/mol. The van der Waals surface area contributed by atoms with Crippen molar-refractivity contribution in [2.24, 2.45) is 0 Å². The number of carbonyl (C=O) groups excluding carboxylic acids is 4. The molecule has 0 aliphatic heterocycles. The van der Waals surface area contributed by atoms with Crippen molar-refractivity contribution in [3.05, 3.63) is 50.6 Å². The molecular formula is C22H25NO10. The minimum atomic E-state index is -0.974. The number of non-ortho nitro benzene ring substituents is 1. The van der Waals surface area contributed by atoms with Crippen LogP contribution in [0.4, 0.5) is 5.69 Å². The second-order valence-electron chi connectivity index (χ2n) is 6.11. The lowest BCUT2D eigenvalue weighted by molar-refractivity contribution is -0.384. The molecule has 0 bridgehead atoms. The van der Waals surface area contributed by atoms with Crippen LogP contribution in [0.25, 0.3) is 12.2 Å². The number of carbonyl (C=O) groups is 4. The van der Waals surface area contributed by atoms with Gasteiger partial charge in [0.05, 0.1) is 31.4 Å². The number of benzene rings is 1. The summed E-state index contributed by atoms with van der Waals surface area (Å²) in [5.41, 5.74) is -1.28. The SMILES string of the molecule is CCOC(=O)C(=Cc1cc(C=C(C(=O)OCC)C(=O)OCC)cc([N+](=O)[O-])c1)C(=O)OCC. The zero-order valence-electron chi connectivity index (χ0n) is 18.7. The minimum absolute atomic E-state index is 0.0130. The van der Waals surface area contributed by atoms with Crippen molar-refractivity contribution in [2.45, 2.75) is 27.7 Å². The van der Waals surface area contributed by atoms with Crippen molar-refractivity contribution >= 4 is 41.7 Å². The topological polar surface area (TPSA) is 148 Å². The van der Waals surface area contributed by atoms with E-state index in [-0.39, 0.29) is 37.6 Å². The van der Waals surface area contributed by atoms with Crippen LogP contribution in [0.2, 0.25) is 0 Å². The van der Waals surface area contributed by atoms with Crippen molar-refractivity contribution in [2.75, 3.05) is 26.4 Å². The molecule has 0 saturated heterocycles. The highest BCUT2D eigenvalue weighted by molar-refractivity contribution is 6.18. The Morgan fingerprint density at radius 3 is 1.24 bits per heavy atom. The van der Waals surface area contributed by atoms with Gasteiger partial charge in [0.25, 0.3) is 5.69 Å². The van der Waals surface area contributed by atoms with E-state index < -0.39 is 45.6 Å². The molecule has 0 saturated carbocycles. The third kappa shape index (κ3) is 8.20. The number of ether oxygens (including phenoxy) is 4. The number of rotatable bonds is 11. The van der Waals surface area contributed by atoms with Crippen LogP contribution >= 0.6 is 0 Å². The van der Waals surface area contributed by atoms with Gasteiger partial charge in [-0.05, 0) is 57.0 Å². The largest absolute Gasteiger partial charge is 0.462 e. The fraction of sp³-hybridized carbons (Fsp3) is 0.364. The molecule has 0 spiro atoms. The minimum Gasteiger partial charge on any atom is -0.462 e. The van der Waals surface area contributed by atoms with Crippen molar-refractivity contribution in [3.8, 4) is 0 Å². The Bertz CT molecular complexity index is 869. The molecule has 11 nitrogen and oxygen atoms in total. The molecule has 0 fully saturated rings. The van der Waals surface area contributed by atoms with Gasteiger partial charge in [0.15, 0.2) is 0 Å². The van der Waals surface area contributed by atoms with Crippen LogP contribution in [0, 0.1) is 10.1 Å². The quantitative estimate of drug-likeness (QED) is 0.0911. The fourth-order valence-corrected chi connectivity index (χ4v) is 2.50. The summed E-state index contributed by atoms with van der Waals surface area (Å²) in [6.45, 7) is 6.13. The Hall–Kier alpha value is -4.02. The maximum absolute atomic E-state index is 12.2. The van der Waals surface area contributed by atoms with Gasteiger partial charge in [0, 0.05) is 12.1 Å². The molecule has 0 N–H and O–H groups in total. The van der Waals surface area contributed by atoms with Gasteiger partial charge >= 0.3 is 23.9 Å². The molecule has 178 valence electrons.